The Morgan fingerprint density at radius 2 is 1.12 bits per heavy atom. The van der Waals surface area contributed by atoms with Gasteiger partial charge in [0.1, 0.15) is 0 Å². The number of nitrogens with two attached hydrogens (primary N) is 2. The molecule has 0 aromatic heterocycles. The number of hydrogen-bond acceptors (Lipinski definition) is 6. The molecule has 0 spiro atoms. The third-order valence-electron chi connectivity index (χ3n) is 0.919. The summed E-state index contributed by atoms with van der Waals surface area (Å²) in [4.78, 5) is 4.25. The van der Waals surface area contributed by atoms with Gasteiger partial charge in [0.2, 0.25) is 0 Å². The van der Waals surface area contributed by atoms with E-state index in [1.165, 1.54) is 0 Å². The van der Waals surface area contributed by atoms with Crippen LogP contribution in [0.25, 0.3) is 0 Å². The van der Waals surface area contributed by atoms with Crippen molar-refractivity contribution in [2.45, 2.75) is 0 Å². The van der Waals surface area contributed by atoms with Gasteiger partial charge >= 0.3 is 0 Å². The topological polar surface area (TPSA) is 82.6 Å². The Kier molecular flexibility index (Phi) is 44.1. The highest BCUT2D eigenvalue weighted by Crippen LogP contribution is 1.74. The number of hydrogen-bond donors (Lipinski definition) is 4. The monoisotopic (exact) mass is 250 g/mol. The van der Waals surface area contributed by atoms with Crippen LogP contribution in [0.2, 0.25) is 0 Å². The van der Waals surface area contributed by atoms with Crippen molar-refractivity contribution in [3.63, 3.8) is 0 Å². The van der Waals surface area contributed by atoms with Gasteiger partial charge in [0.05, 0.1) is 0 Å². The molecule has 6 N–H and O–H groups in total. The molecule has 0 bridgehead atoms. The molecule has 0 heterocycles. The lowest BCUT2D eigenvalue weighted by molar-refractivity contribution is 0.245. The lowest BCUT2D eigenvalue weighted by Crippen LogP contribution is -2.26. The van der Waals surface area contributed by atoms with Crippen LogP contribution in [0.3, 0.4) is 0 Å². The van der Waals surface area contributed by atoms with Crippen molar-refractivity contribution in [1.29, 1.82) is 0 Å². The molecule has 17 heavy (non-hydrogen) atoms. The first-order valence-corrected chi connectivity index (χ1v) is 5.44. The van der Waals surface area contributed by atoms with E-state index in [-0.39, 0.29) is 6.67 Å². The van der Waals surface area contributed by atoms with Gasteiger partial charge in [-0.05, 0) is 42.3 Å². The quantitative estimate of drug-likeness (QED) is 0.383. The van der Waals surface area contributed by atoms with Crippen LogP contribution in [0.15, 0.2) is 13.2 Å². The largest absolute Gasteiger partial charge is 0.319 e. The molecule has 0 aliphatic rings. The van der Waals surface area contributed by atoms with E-state index in [0.717, 1.165) is 13.3 Å². The van der Waals surface area contributed by atoms with E-state index in [4.69, 9.17) is 0 Å². The summed E-state index contributed by atoms with van der Waals surface area (Å²) in [6.07, 6.45) is 0. The summed E-state index contributed by atoms with van der Waals surface area (Å²) in [5, 5.41) is 5.81. The van der Waals surface area contributed by atoms with Gasteiger partial charge in [-0.3, -0.25) is 9.80 Å². The zero-order chi connectivity index (χ0) is 14.7. The third kappa shape index (κ3) is 93.4. The van der Waals surface area contributed by atoms with Gasteiger partial charge in [-0.25, -0.2) is 0 Å². The Morgan fingerprint density at radius 1 is 0.882 bits per heavy atom. The average Bonchev–Trinajstić information content (AvgIpc) is 2.22. The molecule has 0 atom stereocenters. The second-order valence-electron chi connectivity index (χ2n) is 3.42. The summed E-state index contributed by atoms with van der Waals surface area (Å²) in [5.41, 5.74) is 9.25. The third-order valence-corrected chi connectivity index (χ3v) is 0.919. The lowest BCUT2D eigenvalue weighted by atomic mass is 10.8. The minimum Gasteiger partial charge on any atom is -0.319 e. The fourth-order valence-electron chi connectivity index (χ4n) is 0.742. The van der Waals surface area contributed by atoms with Gasteiger partial charge < -0.3 is 22.1 Å². The smallest absolute Gasteiger partial charge is 0.0495 e. The van der Waals surface area contributed by atoms with Gasteiger partial charge in [0.25, 0.3) is 0 Å². The second kappa shape index (κ2) is 29.6. The molecule has 0 saturated carbocycles. The molecule has 6 nitrogen and oxygen atoms in total. The number of rotatable bonds is 4. The van der Waals surface area contributed by atoms with Crippen LogP contribution >= 0.6 is 0 Å². The molecule has 0 unspecified atom stereocenters. The van der Waals surface area contributed by atoms with E-state index in [1.54, 1.807) is 0 Å². The minimum atomic E-state index is 0.250. The molecule has 0 aromatic carbocycles. The normalized spacial score (nSPS) is 8.35. The van der Waals surface area contributed by atoms with E-state index in [9.17, 15) is 0 Å². The Morgan fingerprint density at radius 3 is 1.12 bits per heavy atom. The fourth-order valence-corrected chi connectivity index (χ4v) is 0.742. The summed E-state index contributed by atoms with van der Waals surface area (Å²) >= 11 is 0. The average molecular weight is 250 g/mol. The predicted molar refractivity (Wildman–Crippen MR) is 79.7 cm³/mol. The maximum atomic E-state index is 4.62. The minimum absolute atomic E-state index is 0.250. The second-order valence-corrected chi connectivity index (χ2v) is 3.42. The van der Waals surface area contributed by atoms with Crippen molar-refractivity contribution in [1.82, 2.24) is 20.4 Å². The summed E-state index contributed by atoms with van der Waals surface area (Å²) in [5.74, 6) is 0. The van der Waals surface area contributed by atoms with Crippen molar-refractivity contribution < 1.29 is 0 Å². The zero-order valence-electron chi connectivity index (χ0n) is 12.6. The van der Waals surface area contributed by atoms with Crippen LogP contribution in [0.4, 0.5) is 0 Å². The van der Waals surface area contributed by atoms with Gasteiger partial charge in [0, 0.05) is 20.0 Å². The molecular formula is C11H34N6. The summed E-state index contributed by atoms with van der Waals surface area (Å²) in [7, 11) is 12.0. The molecule has 0 rings (SSSR count). The number of nitrogens with zero attached hydrogens (tertiary/aromatic N) is 2. The van der Waals surface area contributed by atoms with E-state index in [1.807, 2.05) is 14.1 Å². The Labute approximate surface area is 108 Å². The highest BCUT2D eigenvalue weighted by atomic mass is 15.2. The maximum Gasteiger partial charge on any atom is 0.0495 e. The Bertz CT molecular complexity index is 90.0. The van der Waals surface area contributed by atoms with Gasteiger partial charge in [0.15, 0.2) is 0 Å². The molecule has 0 fully saturated rings. The first-order chi connectivity index (χ1) is 7.95. The number of nitrogens with one attached hydrogen (secondary N) is 2. The van der Waals surface area contributed by atoms with Crippen LogP contribution in [0.5, 0.6) is 0 Å². The molecule has 0 aliphatic carbocycles. The van der Waals surface area contributed by atoms with Crippen molar-refractivity contribution >= 4 is 0 Å². The van der Waals surface area contributed by atoms with Crippen molar-refractivity contribution in [3.8, 4) is 0 Å². The van der Waals surface area contributed by atoms with E-state index < -0.39 is 0 Å². The molecular weight excluding hydrogens is 216 g/mol. The molecule has 0 amide bonds. The first-order valence-electron chi connectivity index (χ1n) is 5.44. The SMILES string of the molecule is C=C.CN(C)CN(C)C.CNCNC.NCN. The van der Waals surface area contributed by atoms with Crippen LogP contribution in [-0.4, -0.2) is 72.1 Å². The Hall–Kier alpha value is -0.500. The van der Waals surface area contributed by atoms with Crippen molar-refractivity contribution in [3.05, 3.63) is 13.2 Å². The van der Waals surface area contributed by atoms with E-state index >= 15 is 0 Å². The molecule has 0 radical (unpaired) electrons. The van der Waals surface area contributed by atoms with Crippen molar-refractivity contribution in [2.24, 2.45) is 11.5 Å². The zero-order valence-corrected chi connectivity index (χ0v) is 12.6. The van der Waals surface area contributed by atoms with Crippen molar-refractivity contribution in [2.75, 3.05) is 62.3 Å². The molecule has 108 valence electrons. The maximum absolute atomic E-state index is 4.62. The first kappa shape index (κ1) is 25.4. The van der Waals surface area contributed by atoms with Gasteiger partial charge in [-0.2, -0.15) is 0 Å². The van der Waals surface area contributed by atoms with E-state index in [2.05, 4.69) is 73.2 Å². The summed E-state index contributed by atoms with van der Waals surface area (Å²) < 4.78 is 0. The molecule has 0 aromatic rings. The van der Waals surface area contributed by atoms with Crippen LogP contribution in [-0.2, 0) is 0 Å². The van der Waals surface area contributed by atoms with Gasteiger partial charge in [-0.15, -0.1) is 13.2 Å². The lowest BCUT2D eigenvalue weighted by Gasteiger charge is -2.14. The van der Waals surface area contributed by atoms with Crippen LogP contribution < -0.4 is 22.1 Å². The summed E-state index contributed by atoms with van der Waals surface area (Å²) in [6.45, 7) is 8.17. The van der Waals surface area contributed by atoms with Gasteiger partial charge in [-0.1, -0.05) is 0 Å². The fraction of sp³-hybridized carbons (Fsp3) is 0.818. The molecule has 6 heteroatoms. The highest BCUT2D eigenvalue weighted by molar-refractivity contribution is 4.35. The Balaban J connectivity index is -0.0000000743. The standard InChI is InChI=1S/C5H14N2.C3H10N2.C2H4.CH6N2/c1-6(2)5-7(3)4;1-4-3-5-2;1-2;2-1-3/h5H2,1-4H3;4-5H,3H2,1-2H3;1-2H2;1-3H2. The van der Waals surface area contributed by atoms with Crippen LogP contribution in [0, 0.1) is 0 Å². The molecule has 0 saturated heterocycles. The van der Waals surface area contributed by atoms with Crippen LogP contribution in [0.1, 0.15) is 0 Å². The predicted octanol–water partition coefficient (Wildman–Crippen LogP) is -0.887. The van der Waals surface area contributed by atoms with E-state index in [0.29, 0.717) is 0 Å². The highest BCUT2D eigenvalue weighted by Gasteiger charge is 1.87. The summed E-state index contributed by atoms with van der Waals surface area (Å²) in [6, 6.07) is 0. The molecule has 0 aliphatic heterocycles.